The molecule has 1 N–H and O–H groups in total. The van der Waals surface area contributed by atoms with Gasteiger partial charge in [-0.05, 0) is 51.6 Å². The first-order valence-electron chi connectivity index (χ1n) is 7.38. The number of anilines is 1. The van der Waals surface area contributed by atoms with Crippen molar-refractivity contribution in [3.05, 3.63) is 23.8 Å². The molecule has 0 atom stereocenters. The van der Waals surface area contributed by atoms with Gasteiger partial charge in [-0.15, -0.1) is 0 Å². The summed E-state index contributed by atoms with van der Waals surface area (Å²) in [6, 6.07) is 6.46. The highest BCUT2D eigenvalue weighted by atomic mass is 32.1. The van der Waals surface area contributed by atoms with Crippen molar-refractivity contribution in [2.75, 3.05) is 26.0 Å². The zero-order valence-electron chi connectivity index (χ0n) is 12.6. The molecule has 1 aromatic heterocycles. The molecule has 0 spiro atoms. The molecule has 0 bridgehead atoms. The molecule has 1 aromatic carbocycles. The molecule has 0 aliphatic heterocycles. The number of nitrogens with zero attached hydrogens (tertiary/aromatic N) is 2. The average molecular weight is 289 g/mol. The zero-order valence-corrected chi connectivity index (χ0v) is 13.4. The Bertz CT molecular complexity index is 597. The van der Waals surface area contributed by atoms with Crippen LogP contribution < -0.4 is 5.32 Å². The maximum absolute atomic E-state index is 4.69. The van der Waals surface area contributed by atoms with Crippen molar-refractivity contribution >= 4 is 26.7 Å². The van der Waals surface area contributed by atoms with E-state index in [4.69, 9.17) is 4.98 Å². The van der Waals surface area contributed by atoms with Gasteiger partial charge in [-0.1, -0.05) is 30.2 Å². The first-order valence-corrected chi connectivity index (χ1v) is 8.19. The third-order valence-corrected chi connectivity index (χ3v) is 5.57. The lowest BCUT2D eigenvalue weighted by molar-refractivity contribution is 0.172. The fraction of sp³-hybridized carbons (Fsp3) is 0.562. The van der Waals surface area contributed by atoms with Gasteiger partial charge < -0.3 is 10.2 Å². The van der Waals surface area contributed by atoms with Crippen molar-refractivity contribution in [1.82, 2.24) is 9.88 Å². The SMILES string of the molecule is Cc1ccc2nc(NCC3(N(C)C)CCCC3)sc2c1. The van der Waals surface area contributed by atoms with Gasteiger partial charge in [-0.2, -0.15) is 0 Å². The monoisotopic (exact) mass is 289 g/mol. The molecule has 3 rings (SSSR count). The van der Waals surface area contributed by atoms with Gasteiger partial charge >= 0.3 is 0 Å². The smallest absolute Gasteiger partial charge is 0.183 e. The molecule has 4 heteroatoms. The normalized spacial score (nSPS) is 18.0. The van der Waals surface area contributed by atoms with Gasteiger partial charge in [-0.3, -0.25) is 0 Å². The maximum atomic E-state index is 4.69. The molecular weight excluding hydrogens is 266 g/mol. The van der Waals surface area contributed by atoms with E-state index in [0.717, 1.165) is 17.2 Å². The minimum Gasteiger partial charge on any atom is -0.360 e. The minimum atomic E-state index is 0.313. The van der Waals surface area contributed by atoms with Crippen molar-refractivity contribution < 1.29 is 0 Å². The third-order valence-electron chi connectivity index (χ3n) is 4.60. The molecule has 0 saturated heterocycles. The first kappa shape index (κ1) is 13.8. The standard InChI is InChI=1S/C16H23N3S/c1-12-6-7-13-14(10-12)20-15(18-13)17-11-16(19(2)3)8-4-5-9-16/h6-7,10H,4-5,8-9,11H2,1-3H3,(H,17,18). The molecule has 1 aliphatic carbocycles. The second-order valence-corrected chi connectivity index (χ2v) is 7.20. The lowest BCUT2D eigenvalue weighted by Crippen LogP contribution is -2.47. The predicted molar refractivity (Wildman–Crippen MR) is 87.7 cm³/mol. The summed E-state index contributed by atoms with van der Waals surface area (Å²) in [4.78, 5) is 7.09. The predicted octanol–water partition coefficient (Wildman–Crippen LogP) is 3.89. The minimum absolute atomic E-state index is 0.313. The second-order valence-electron chi connectivity index (χ2n) is 6.17. The molecule has 0 amide bonds. The van der Waals surface area contributed by atoms with Gasteiger partial charge in [0.2, 0.25) is 0 Å². The number of nitrogens with one attached hydrogen (secondary N) is 1. The van der Waals surface area contributed by atoms with E-state index in [1.54, 1.807) is 11.3 Å². The summed E-state index contributed by atoms with van der Waals surface area (Å²) in [6.45, 7) is 3.13. The number of likely N-dealkylation sites (N-methyl/N-ethyl adjacent to an activating group) is 1. The van der Waals surface area contributed by atoms with Crippen LogP contribution in [0.2, 0.25) is 0 Å². The Morgan fingerprint density at radius 1 is 1.30 bits per heavy atom. The number of benzene rings is 1. The van der Waals surface area contributed by atoms with Crippen LogP contribution in [0.5, 0.6) is 0 Å². The molecular formula is C16H23N3S. The van der Waals surface area contributed by atoms with Gasteiger partial charge in [0.25, 0.3) is 0 Å². The maximum Gasteiger partial charge on any atom is 0.183 e. The molecule has 1 fully saturated rings. The second kappa shape index (κ2) is 5.34. The molecule has 0 unspecified atom stereocenters. The largest absolute Gasteiger partial charge is 0.360 e. The van der Waals surface area contributed by atoms with Gasteiger partial charge in [0.15, 0.2) is 5.13 Å². The van der Waals surface area contributed by atoms with E-state index in [-0.39, 0.29) is 0 Å². The molecule has 3 nitrogen and oxygen atoms in total. The summed E-state index contributed by atoms with van der Waals surface area (Å²) in [5, 5.41) is 4.64. The summed E-state index contributed by atoms with van der Waals surface area (Å²) < 4.78 is 1.28. The number of hydrogen-bond acceptors (Lipinski definition) is 4. The van der Waals surface area contributed by atoms with Crippen molar-refractivity contribution in [2.24, 2.45) is 0 Å². The summed E-state index contributed by atoms with van der Waals surface area (Å²) in [6.07, 6.45) is 5.27. The van der Waals surface area contributed by atoms with E-state index >= 15 is 0 Å². The average Bonchev–Trinajstić information content (AvgIpc) is 3.02. The molecule has 20 heavy (non-hydrogen) atoms. The lowest BCUT2D eigenvalue weighted by atomic mass is 9.96. The quantitative estimate of drug-likeness (QED) is 0.925. The molecule has 2 aromatic rings. The van der Waals surface area contributed by atoms with Crippen LogP contribution >= 0.6 is 11.3 Å². The van der Waals surface area contributed by atoms with Crippen molar-refractivity contribution in [2.45, 2.75) is 38.1 Å². The number of fused-ring (bicyclic) bond motifs is 1. The fourth-order valence-corrected chi connectivity index (χ4v) is 4.12. The Labute approximate surface area is 125 Å². The number of thiazole rings is 1. The van der Waals surface area contributed by atoms with Crippen LogP contribution in [-0.2, 0) is 0 Å². The van der Waals surface area contributed by atoms with Gasteiger partial charge in [0.05, 0.1) is 10.2 Å². The Balaban J connectivity index is 1.76. The zero-order chi connectivity index (χ0) is 14.2. The number of rotatable bonds is 4. The van der Waals surface area contributed by atoms with Crippen LogP contribution in [0.25, 0.3) is 10.2 Å². The van der Waals surface area contributed by atoms with E-state index in [1.807, 2.05) is 0 Å². The molecule has 108 valence electrons. The summed E-state index contributed by atoms with van der Waals surface area (Å²) in [7, 11) is 4.41. The summed E-state index contributed by atoms with van der Waals surface area (Å²) in [5.74, 6) is 0. The molecule has 0 radical (unpaired) electrons. The van der Waals surface area contributed by atoms with E-state index in [9.17, 15) is 0 Å². The number of aryl methyl sites for hydroxylation is 1. The van der Waals surface area contributed by atoms with E-state index in [1.165, 1.54) is 35.9 Å². The Kier molecular flexibility index (Phi) is 3.69. The fourth-order valence-electron chi connectivity index (χ4n) is 3.16. The van der Waals surface area contributed by atoms with Crippen LogP contribution in [-0.4, -0.2) is 36.1 Å². The van der Waals surface area contributed by atoms with Gasteiger partial charge in [0, 0.05) is 12.1 Å². The highest BCUT2D eigenvalue weighted by Gasteiger charge is 2.35. The Morgan fingerprint density at radius 3 is 2.75 bits per heavy atom. The Morgan fingerprint density at radius 2 is 2.05 bits per heavy atom. The van der Waals surface area contributed by atoms with E-state index in [0.29, 0.717) is 5.54 Å². The van der Waals surface area contributed by atoms with Crippen LogP contribution in [0.4, 0.5) is 5.13 Å². The molecule has 1 heterocycles. The number of aromatic nitrogens is 1. The van der Waals surface area contributed by atoms with Crippen LogP contribution in [0.15, 0.2) is 18.2 Å². The van der Waals surface area contributed by atoms with Gasteiger partial charge in [-0.25, -0.2) is 4.98 Å². The van der Waals surface area contributed by atoms with Crippen LogP contribution in [0.1, 0.15) is 31.2 Å². The van der Waals surface area contributed by atoms with Crippen molar-refractivity contribution in [3.63, 3.8) is 0 Å². The van der Waals surface area contributed by atoms with Crippen molar-refractivity contribution in [3.8, 4) is 0 Å². The highest BCUT2D eigenvalue weighted by Crippen LogP contribution is 2.35. The molecule has 1 saturated carbocycles. The lowest BCUT2D eigenvalue weighted by Gasteiger charge is -2.36. The van der Waals surface area contributed by atoms with Crippen LogP contribution in [0, 0.1) is 6.92 Å². The van der Waals surface area contributed by atoms with Crippen molar-refractivity contribution in [1.29, 1.82) is 0 Å². The third kappa shape index (κ3) is 2.54. The van der Waals surface area contributed by atoms with E-state index in [2.05, 4.69) is 49.4 Å². The first-order chi connectivity index (χ1) is 9.59. The topological polar surface area (TPSA) is 28.2 Å². The van der Waals surface area contributed by atoms with Gasteiger partial charge in [0.1, 0.15) is 0 Å². The molecule has 1 aliphatic rings. The Hall–Kier alpha value is -1.13. The highest BCUT2D eigenvalue weighted by molar-refractivity contribution is 7.22. The van der Waals surface area contributed by atoms with Crippen LogP contribution in [0.3, 0.4) is 0 Å². The number of hydrogen-bond donors (Lipinski definition) is 1. The van der Waals surface area contributed by atoms with E-state index < -0.39 is 0 Å². The summed E-state index contributed by atoms with van der Waals surface area (Å²) >= 11 is 1.76. The summed E-state index contributed by atoms with van der Waals surface area (Å²) in [5.41, 5.74) is 2.72.